The Morgan fingerprint density at radius 1 is 1.27 bits per heavy atom. The highest BCUT2D eigenvalue weighted by molar-refractivity contribution is 14.0. The normalized spacial score (nSPS) is 24.2. The van der Waals surface area contributed by atoms with Gasteiger partial charge in [0, 0.05) is 26.7 Å². The molecule has 1 N–H and O–H groups in total. The maximum atomic E-state index is 13.6. The van der Waals surface area contributed by atoms with E-state index in [0.717, 1.165) is 43.0 Å². The number of fused-ring (bicyclic) bond motifs is 1. The van der Waals surface area contributed by atoms with Gasteiger partial charge in [0.2, 0.25) is 0 Å². The van der Waals surface area contributed by atoms with Crippen LogP contribution in [0, 0.1) is 17.7 Å². The number of hydrogen-bond donors (Lipinski definition) is 1. The van der Waals surface area contributed by atoms with E-state index in [2.05, 4.69) is 20.1 Å². The van der Waals surface area contributed by atoms with Crippen LogP contribution in [0.4, 0.5) is 4.39 Å². The molecule has 3 atom stereocenters. The second-order valence-corrected chi connectivity index (χ2v) is 7.67. The molecule has 1 aromatic carbocycles. The van der Waals surface area contributed by atoms with Crippen LogP contribution < -0.4 is 5.32 Å². The molecule has 6 heteroatoms. The number of hydrogen-bond acceptors (Lipinski definition) is 2. The van der Waals surface area contributed by atoms with Crippen molar-refractivity contribution in [3.05, 3.63) is 35.6 Å². The Balaban J connectivity index is 0.00000243. The number of rotatable bonds is 4. The fourth-order valence-electron chi connectivity index (χ4n) is 4.41. The first kappa shape index (κ1) is 21.4. The molecular formula is C20H32FIN4. The predicted octanol–water partition coefficient (Wildman–Crippen LogP) is 3.74. The van der Waals surface area contributed by atoms with Gasteiger partial charge in [0.25, 0.3) is 0 Å². The van der Waals surface area contributed by atoms with Crippen molar-refractivity contribution >= 4 is 29.9 Å². The van der Waals surface area contributed by atoms with E-state index in [-0.39, 0.29) is 35.8 Å². The molecule has 2 aliphatic rings. The van der Waals surface area contributed by atoms with Gasteiger partial charge in [-0.05, 0) is 56.5 Å². The van der Waals surface area contributed by atoms with Crippen molar-refractivity contribution in [3.8, 4) is 0 Å². The first-order valence-electron chi connectivity index (χ1n) is 9.46. The van der Waals surface area contributed by atoms with Crippen LogP contribution in [-0.2, 0) is 0 Å². The van der Waals surface area contributed by atoms with Gasteiger partial charge in [-0.3, -0.25) is 4.99 Å². The molecular weight excluding hydrogens is 442 g/mol. The maximum Gasteiger partial charge on any atom is 0.193 e. The molecule has 3 unspecified atom stereocenters. The third-order valence-corrected chi connectivity index (χ3v) is 5.80. The Morgan fingerprint density at radius 2 is 1.92 bits per heavy atom. The van der Waals surface area contributed by atoms with Crippen molar-refractivity contribution in [2.45, 2.75) is 31.7 Å². The summed E-state index contributed by atoms with van der Waals surface area (Å²) < 4.78 is 13.6. The van der Waals surface area contributed by atoms with Gasteiger partial charge in [-0.2, -0.15) is 0 Å². The van der Waals surface area contributed by atoms with E-state index in [1.807, 2.05) is 27.2 Å². The minimum absolute atomic E-state index is 0. The van der Waals surface area contributed by atoms with E-state index in [4.69, 9.17) is 0 Å². The summed E-state index contributed by atoms with van der Waals surface area (Å²) in [6.45, 7) is 2.96. The van der Waals surface area contributed by atoms with Crippen LogP contribution in [0.25, 0.3) is 0 Å². The summed E-state index contributed by atoms with van der Waals surface area (Å²) in [6, 6.07) is 7.00. The molecule has 26 heavy (non-hydrogen) atoms. The standard InChI is InChI=1S/C20H31FN4.HI/c1-22-20(25-13-16-7-4-5-8-17(16)14-25)23-12-19(24(2)3)15-9-6-10-18(21)11-15;/h6,9-11,16-17,19H,4-5,7-8,12-14H2,1-3H3,(H,22,23);1H. The monoisotopic (exact) mass is 474 g/mol. The molecule has 146 valence electrons. The van der Waals surface area contributed by atoms with E-state index >= 15 is 0 Å². The van der Waals surface area contributed by atoms with Crippen LogP contribution in [0.2, 0.25) is 0 Å². The number of guanidine groups is 1. The van der Waals surface area contributed by atoms with E-state index in [1.54, 1.807) is 12.1 Å². The molecule has 0 radical (unpaired) electrons. The lowest BCUT2D eigenvalue weighted by molar-refractivity contribution is 0.294. The summed E-state index contributed by atoms with van der Waals surface area (Å²) in [4.78, 5) is 9.05. The third-order valence-electron chi connectivity index (χ3n) is 5.80. The van der Waals surface area contributed by atoms with Crippen molar-refractivity contribution in [3.63, 3.8) is 0 Å². The molecule has 0 aromatic heterocycles. The number of nitrogens with one attached hydrogen (secondary N) is 1. The van der Waals surface area contributed by atoms with Gasteiger partial charge in [-0.1, -0.05) is 25.0 Å². The number of halogens is 2. The largest absolute Gasteiger partial charge is 0.354 e. The maximum absolute atomic E-state index is 13.6. The number of aliphatic imine (C=N–C) groups is 1. The van der Waals surface area contributed by atoms with Crippen LogP contribution in [0.3, 0.4) is 0 Å². The molecule has 2 fully saturated rings. The second-order valence-electron chi connectivity index (χ2n) is 7.67. The van der Waals surface area contributed by atoms with Gasteiger partial charge >= 0.3 is 0 Å². The highest BCUT2D eigenvalue weighted by atomic mass is 127. The van der Waals surface area contributed by atoms with Crippen molar-refractivity contribution in [1.82, 2.24) is 15.1 Å². The smallest absolute Gasteiger partial charge is 0.193 e. The van der Waals surface area contributed by atoms with Gasteiger partial charge < -0.3 is 15.1 Å². The van der Waals surface area contributed by atoms with Gasteiger partial charge in [0.05, 0.1) is 6.04 Å². The number of likely N-dealkylation sites (tertiary alicyclic amines) is 1. The van der Waals surface area contributed by atoms with Crippen molar-refractivity contribution in [1.29, 1.82) is 0 Å². The highest BCUT2D eigenvalue weighted by Gasteiger charge is 2.35. The highest BCUT2D eigenvalue weighted by Crippen LogP contribution is 2.36. The molecule has 1 aliphatic carbocycles. The number of benzene rings is 1. The summed E-state index contributed by atoms with van der Waals surface area (Å²) >= 11 is 0. The summed E-state index contributed by atoms with van der Waals surface area (Å²) in [6.07, 6.45) is 5.48. The zero-order chi connectivity index (χ0) is 17.8. The van der Waals surface area contributed by atoms with Crippen LogP contribution in [0.15, 0.2) is 29.3 Å². The Hall–Kier alpha value is -0.890. The quantitative estimate of drug-likeness (QED) is 0.410. The number of nitrogens with zero attached hydrogens (tertiary/aromatic N) is 3. The minimum Gasteiger partial charge on any atom is -0.354 e. The van der Waals surface area contributed by atoms with Gasteiger partial charge in [-0.15, -0.1) is 24.0 Å². The lowest BCUT2D eigenvalue weighted by Crippen LogP contribution is -2.43. The lowest BCUT2D eigenvalue weighted by atomic mass is 9.82. The molecule has 4 nitrogen and oxygen atoms in total. The number of likely N-dealkylation sites (N-methyl/N-ethyl adjacent to an activating group) is 1. The SMILES string of the molecule is CN=C(NCC(c1cccc(F)c1)N(C)C)N1CC2CCCCC2C1.I. The Labute approximate surface area is 174 Å². The molecule has 1 aromatic rings. The molecule has 0 amide bonds. The summed E-state index contributed by atoms with van der Waals surface area (Å²) in [5.74, 6) is 2.47. The predicted molar refractivity (Wildman–Crippen MR) is 117 cm³/mol. The molecule has 0 spiro atoms. The second kappa shape index (κ2) is 9.88. The van der Waals surface area contributed by atoms with Gasteiger partial charge in [0.1, 0.15) is 5.82 Å². The summed E-state index contributed by atoms with van der Waals surface area (Å²) in [5, 5.41) is 3.53. The van der Waals surface area contributed by atoms with E-state index in [0.29, 0.717) is 0 Å². The minimum atomic E-state index is -0.183. The van der Waals surface area contributed by atoms with Crippen molar-refractivity contribution in [2.75, 3.05) is 40.8 Å². The van der Waals surface area contributed by atoms with Crippen LogP contribution in [0.1, 0.15) is 37.3 Å². The average molecular weight is 474 g/mol. The van der Waals surface area contributed by atoms with Crippen LogP contribution in [-0.4, -0.2) is 56.5 Å². The summed E-state index contributed by atoms with van der Waals surface area (Å²) in [5.41, 5.74) is 0.989. The Morgan fingerprint density at radius 3 is 2.46 bits per heavy atom. The van der Waals surface area contributed by atoms with Crippen LogP contribution in [0.5, 0.6) is 0 Å². The van der Waals surface area contributed by atoms with E-state index < -0.39 is 0 Å². The zero-order valence-corrected chi connectivity index (χ0v) is 18.4. The van der Waals surface area contributed by atoms with Crippen LogP contribution >= 0.6 is 24.0 Å². The lowest BCUT2D eigenvalue weighted by Gasteiger charge is -2.28. The first-order valence-corrected chi connectivity index (χ1v) is 9.46. The topological polar surface area (TPSA) is 30.9 Å². The fraction of sp³-hybridized carbons (Fsp3) is 0.650. The van der Waals surface area contributed by atoms with Crippen molar-refractivity contribution < 1.29 is 4.39 Å². The fourth-order valence-corrected chi connectivity index (χ4v) is 4.41. The van der Waals surface area contributed by atoms with E-state index in [1.165, 1.54) is 31.7 Å². The Bertz CT molecular complexity index is 593. The first-order chi connectivity index (χ1) is 12.1. The van der Waals surface area contributed by atoms with Gasteiger partial charge in [0.15, 0.2) is 5.96 Å². The third kappa shape index (κ3) is 5.09. The average Bonchev–Trinajstić information content (AvgIpc) is 3.02. The molecule has 1 saturated carbocycles. The molecule has 0 bridgehead atoms. The molecule has 1 saturated heterocycles. The Kier molecular flexibility index (Phi) is 8.13. The van der Waals surface area contributed by atoms with Crippen molar-refractivity contribution in [2.24, 2.45) is 16.8 Å². The summed E-state index contributed by atoms with van der Waals surface area (Å²) in [7, 11) is 5.92. The zero-order valence-electron chi connectivity index (χ0n) is 16.1. The van der Waals surface area contributed by atoms with Gasteiger partial charge in [-0.25, -0.2) is 4.39 Å². The molecule has 1 heterocycles. The molecule has 3 rings (SSSR count). The molecule has 1 aliphatic heterocycles. The van der Waals surface area contributed by atoms with E-state index in [9.17, 15) is 4.39 Å².